The number of ether oxygens (including phenoxy) is 2. The van der Waals surface area contributed by atoms with Gasteiger partial charge in [0.2, 0.25) is 0 Å². The van der Waals surface area contributed by atoms with Crippen molar-refractivity contribution in [3.63, 3.8) is 0 Å². The van der Waals surface area contributed by atoms with Crippen LogP contribution >= 0.6 is 11.3 Å². The van der Waals surface area contributed by atoms with Gasteiger partial charge in [-0.2, -0.15) is 0 Å². The number of hydrogen-bond donors (Lipinski definition) is 1. The molecule has 4 aromatic rings. The van der Waals surface area contributed by atoms with Crippen LogP contribution in [0, 0.1) is 0 Å². The van der Waals surface area contributed by atoms with Crippen LogP contribution in [0.25, 0.3) is 22.0 Å². The van der Waals surface area contributed by atoms with Crippen molar-refractivity contribution in [2.75, 3.05) is 12.4 Å². The molecule has 0 aliphatic carbocycles. The van der Waals surface area contributed by atoms with Gasteiger partial charge in [-0.25, -0.2) is 4.98 Å². The Kier molecular flexibility index (Phi) is 6.24. The van der Waals surface area contributed by atoms with Crippen molar-refractivity contribution in [3.05, 3.63) is 78.3 Å². The van der Waals surface area contributed by atoms with Crippen LogP contribution in [0.4, 0.5) is 5.69 Å². The number of anilines is 1. The van der Waals surface area contributed by atoms with Gasteiger partial charge in [0, 0.05) is 22.8 Å². The van der Waals surface area contributed by atoms with Gasteiger partial charge in [0.25, 0.3) is 5.91 Å². The number of nitrogens with zero attached hydrogens (tertiary/aromatic N) is 2. The summed E-state index contributed by atoms with van der Waals surface area (Å²) in [6.45, 7) is 1.71. The van der Waals surface area contributed by atoms with E-state index in [1.807, 2.05) is 47.8 Å². The van der Waals surface area contributed by atoms with E-state index in [-0.39, 0.29) is 5.91 Å². The molecule has 0 fully saturated rings. The van der Waals surface area contributed by atoms with Crippen molar-refractivity contribution in [2.24, 2.45) is 0 Å². The molecule has 2 aromatic carbocycles. The first-order chi connectivity index (χ1) is 15.1. The van der Waals surface area contributed by atoms with Gasteiger partial charge in [0.1, 0.15) is 16.5 Å². The number of aromatic nitrogens is 2. The highest BCUT2D eigenvalue weighted by molar-refractivity contribution is 7.13. The maximum absolute atomic E-state index is 12.6. The van der Waals surface area contributed by atoms with E-state index in [0.717, 1.165) is 27.7 Å². The monoisotopic (exact) mass is 431 g/mol. The van der Waals surface area contributed by atoms with Crippen LogP contribution in [-0.2, 0) is 4.79 Å². The fraction of sp³-hybridized carbons (Fsp3) is 0.125. The highest BCUT2D eigenvalue weighted by Crippen LogP contribution is 2.29. The van der Waals surface area contributed by atoms with E-state index in [4.69, 9.17) is 9.47 Å². The SMILES string of the molecule is COc1ccc(OC(C)C(=O)Nc2cccc(-c3csc(-c4ccccn4)n3)c2)cc1. The molecular formula is C24H21N3O3S. The number of pyridine rings is 1. The summed E-state index contributed by atoms with van der Waals surface area (Å²) in [7, 11) is 1.60. The van der Waals surface area contributed by atoms with Crippen molar-refractivity contribution in [2.45, 2.75) is 13.0 Å². The average molecular weight is 432 g/mol. The molecule has 4 rings (SSSR count). The molecule has 0 aliphatic heterocycles. The van der Waals surface area contributed by atoms with Gasteiger partial charge in [-0.1, -0.05) is 18.2 Å². The van der Waals surface area contributed by atoms with Crippen molar-refractivity contribution in [1.29, 1.82) is 0 Å². The van der Waals surface area contributed by atoms with Gasteiger partial charge in [-0.05, 0) is 55.5 Å². The number of thiazole rings is 1. The number of amides is 1. The maximum Gasteiger partial charge on any atom is 0.265 e. The lowest BCUT2D eigenvalue weighted by atomic mass is 10.1. The summed E-state index contributed by atoms with van der Waals surface area (Å²) < 4.78 is 10.9. The van der Waals surface area contributed by atoms with E-state index in [1.165, 1.54) is 11.3 Å². The second kappa shape index (κ2) is 9.40. The predicted octanol–water partition coefficient (Wildman–Crippen LogP) is 5.29. The number of hydrogen-bond acceptors (Lipinski definition) is 6. The molecular weight excluding hydrogens is 410 g/mol. The van der Waals surface area contributed by atoms with E-state index in [0.29, 0.717) is 11.4 Å². The average Bonchev–Trinajstić information content (AvgIpc) is 3.31. The molecule has 0 spiro atoms. The first-order valence-electron chi connectivity index (χ1n) is 9.71. The summed E-state index contributed by atoms with van der Waals surface area (Å²) in [5, 5.41) is 5.75. The Morgan fingerprint density at radius 1 is 1.00 bits per heavy atom. The third kappa shape index (κ3) is 5.07. The van der Waals surface area contributed by atoms with E-state index in [2.05, 4.69) is 15.3 Å². The third-order valence-electron chi connectivity index (χ3n) is 4.56. The second-order valence-corrected chi connectivity index (χ2v) is 7.62. The van der Waals surface area contributed by atoms with E-state index >= 15 is 0 Å². The number of methoxy groups -OCH3 is 1. The Labute approximate surface area is 184 Å². The van der Waals surface area contributed by atoms with Crippen LogP contribution in [0.15, 0.2) is 78.3 Å². The van der Waals surface area contributed by atoms with Gasteiger partial charge in [0.05, 0.1) is 18.5 Å². The zero-order valence-electron chi connectivity index (χ0n) is 17.1. The molecule has 2 aromatic heterocycles. The molecule has 0 bridgehead atoms. The smallest absolute Gasteiger partial charge is 0.265 e. The maximum atomic E-state index is 12.6. The van der Waals surface area contributed by atoms with Crippen molar-refractivity contribution in [3.8, 4) is 33.5 Å². The van der Waals surface area contributed by atoms with Gasteiger partial charge in [-0.15, -0.1) is 11.3 Å². The Balaban J connectivity index is 1.43. The first kappa shape index (κ1) is 20.6. The molecule has 6 nitrogen and oxygen atoms in total. The van der Waals surface area contributed by atoms with Gasteiger partial charge >= 0.3 is 0 Å². The molecule has 156 valence electrons. The van der Waals surface area contributed by atoms with E-state index in [1.54, 1.807) is 44.5 Å². The molecule has 1 unspecified atom stereocenters. The lowest BCUT2D eigenvalue weighted by Gasteiger charge is -2.15. The molecule has 1 amide bonds. The number of nitrogens with one attached hydrogen (secondary N) is 1. The lowest BCUT2D eigenvalue weighted by molar-refractivity contribution is -0.122. The van der Waals surface area contributed by atoms with Crippen LogP contribution in [0.3, 0.4) is 0 Å². The topological polar surface area (TPSA) is 73.3 Å². The minimum absolute atomic E-state index is 0.236. The largest absolute Gasteiger partial charge is 0.497 e. The molecule has 0 radical (unpaired) electrons. The van der Waals surface area contributed by atoms with Crippen LogP contribution in [-0.4, -0.2) is 29.1 Å². The Morgan fingerprint density at radius 3 is 2.55 bits per heavy atom. The minimum atomic E-state index is -0.660. The quantitative estimate of drug-likeness (QED) is 0.431. The van der Waals surface area contributed by atoms with Gasteiger partial charge in [-0.3, -0.25) is 9.78 Å². The lowest BCUT2D eigenvalue weighted by Crippen LogP contribution is -2.30. The minimum Gasteiger partial charge on any atom is -0.497 e. The molecule has 0 aliphatic rings. The zero-order chi connectivity index (χ0) is 21.6. The molecule has 0 saturated heterocycles. The van der Waals surface area contributed by atoms with Crippen LogP contribution in [0.5, 0.6) is 11.5 Å². The molecule has 2 heterocycles. The molecule has 1 N–H and O–H groups in total. The molecule has 0 saturated carbocycles. The summed E-state index contributed by atoms with van der Waals surface area (Å²) in [5.41, 5.74) is 3.28. The standard InChI is InChI=1S/C24H21N3O3S/c1-16(30-20-11-9-19(29-2)10-12-20)23(28)26-18-7-5-6-17(14-18)22-15-31-24(27-22)21-8-3-4-13-25-21/h3-16H,1-2H3,(H,26,28). The number of benzene rings is 2. The summed E-state index contributed by atoms with van der Waals surface area (Å²) in [5.74, 6) is 1.09. The third-order valence-corrected chi connectivity index (χ3v) is 5.42. The normalized spacial score (nSPS) is 11.5. The Hall–Kier alpha value is -3.71. The van der Waals surface area contributed by atoms with Gasteiger partial charge in [0.15, 0.2) is 6.10 Å². The fourth-order valence-electron chi connectivity index (χ4n) is 2.93. The zero-order valence-corrected chi connectivity index (χ0v) is 17.9. The highest BCUT2D eigenvalue weighted by Gasteiger charge is 2.16. The Bertz CT molecular complexity index is 1160. The summed E-state index contributed by atoms with van der Waals surface area (Å²) in [4.78, 5) is 21.6. The first-order valence-corrected chi connectivity index (χ1v) is 10.6. The van der Waals surface area contributed by atoms with Crippen molar-refractivity contribution >= 4 is 22.9 Å². The summed E-state index contributed by atoms with van der Waals surface area (Å²) >= 11 is 1.54. The summed E-state index contributed by atoms with van der Waals surface area (Å²) in [6, 6.07) is 20.5. The van der Waals surface area contributed by atoms with Crippen LogP contribution < -0.4 is 14.8 Å². The van der Waals surface area contributed by atoms with Crippen molar-refractivity contribution < 1.29 is 14.3 Å². The second-order valence-electron chi connectivity index (χ2n) is 6.76. The highest BCUT2D eigenvalue weighted by atomic mass is 32.1. The van der Waals surface area contributed by atoms with Crippen LogP contribution in [0.1, 0.15) is 6.92 Å². The van der Waals surface area contributed by atoms with Crippen molar-refractivity contribution in [1.82, 2.24) is 9.97 Å². The molecule has 1 atom stereocenters. The molecule has 7 heteroatoms. The fourth-order valence-corrected chi connectivity index (χ4v) is 3.73. The van der Waals surface area contributed by atoms with Crippen LogP contribution in [0.2, 0.25) is 0 Å². The number of carbonyl (C=O) groups is 1. The summed E-state index contributed by atoms with van der Waals surface area (Å²) in [6.07, 6.45) is 1.09. The van der Waals surface area contributed by atoms with E-state index in [9.17, 15) is 4.79 Å². The molecule has 31 heavy (non-hydrogen) atoms. The van der Waals surface area contributed by atoms with E-state index < -0.39 is 6.10 Å². The number of carbonyl (C=O) groups excluding carboxylic acids is 1. The number of rotatable bonds is 7. The Morgan fingerprint density at radius 2 is 1.81 bits per heavy atom. The van der Waals surface area contributed by atoms with Gasteiger partial charge < -0.3 is 14.8 Å². The predicted molar refractivity (Wildman–Crippen MR) is 122 cm³/mol.